The number of pyridine rings is 1. The quantitative estimate of drug-likeness (QED) is 0.566. The summed E-state index contributed by atoms with van der Waals surface area (Å²) < 4.78 is 44.3. The van der Waals surface area contributed by atoms with Gasteiger partial charge in [-0.25, -0.2) is 9.48 Å². The highest BCUT2D eigenvalue weighted by Crippen LogP contribution is 2.33. The van der Waals surface area contributed by atoms with E-state index in [2.05, 4.69) is 15.2 Å². The number of nitrogens with zero attached hydrogens (tertiary/aromatic N) is 6. The molecule has 0 aliphatic carbocycles. The Labute approximate surface area is 161 Å². The second-order valence-electron chi connectivity index (χ2n) is 6.58. The Kier molecular flexibility index (Phi) is 4.00. The first kappa shape index (κ1) is 18.7. The van der Waals surface area contributed by atoms with E-state index in [0.29, 0.717) is 22.5 Å². The number of carbonyl (C=O) groups is 1. The lowest BCUT2D eigenvalue weighted by molar-refractivity contribution is -0.143. The summed E-state index contributed by atoms with van der Waals surface area (Å²) in [6.07, 6.45) is -4.26. The first-order chi connectivity index (χ1) is 13.6. The molecule has 0 amide bonds. The first-order valence-corrected chi connectivity index (χ1v) is 8.50. The van der Waals surface area contributed by atoms with Gasteiger partial charge in [-0.2, -0.15) is 27.8 Å². The Bertz CT molecular complexity index is 1260. The highest BCUT2D eigenvalue weighted by molar-refractivity contribution is 5.89. The lowest BCUT2D eigenvalue weighted by Crippen LogP contribution is -2.19. The standard InChI is InChI=1S/C18H15F3N6O2/c1-9-7-10(2)25(11(9)3)17-23-13-5-4-6-14(26(13)24-17)27-15(18(19,20)21)12(8-22-27)16(28)29/h4-8H,1-3H3,(H,28,29). The second-order valence-corrected chi connectivity index (χ2v) is 6.58. The summed E-state index contributed by atoms with van der Waals surface area (Å²) in [7, 11) is 0. The number of aryl methyl sites for hydroxylation is 2. The number of aromatic carboxylic acids is 1. The number of rotatable bonds is 3. The lowest BCUT2D eigenvalue weighted by Gasteiger charge is -2.12. The molecule has 0 saturated heterocycles. The van der Waals surface area contributed by atoms with Gasteiger partial charge in [0.05, 0.1) is 6.20 Å². The summed E-state index contributed by atoms with van der Waals surface area (Å²) in [5.74, 6) is -1.51. The summed E-state index contributed by atoms with van der Waals surface area (Å²) >= 11 is 0. The van der Waals surface area contributed by atoms with Crippen molar-refractivity contribution in [1.29, 1.82) is 0 Å². The third-order valence-electron chi connectivity index (χ3n) is 4.70. The van der Waals surface area contributed by atoms with Gasteiger partial charge in [0.2, 0.25) is 0 Å². The van der Waals surface area contributed by atoms with Crippen LogP contribution in [0.2, 0.25) is 0 Å². The van der Waals surface area contributed by atoms with Crippen LogP contribution < -0.4 is 0 Å². The van der Waals surface area contributed by atoms with Crippen molar-refractivity contribution < 1.29 is 23.1 Å². The predicted molar refractivity (Wildman–Crippen MR) is 95.6 cm³/mol. The van der Waals surface area contributed by atoms with Crippen LogP contribution in [-0.2, 0) is 6.18 Å². The van der Waals surface area contributed by atoms with Gasteiger partial charge in [0.1, 0.15) is 5.56 Å². The van der Waals surface area contributed by atoms with Gasteiger partial charge < -0.3 is 5.11 Å². The maximum Gasteiger partial charge on any atom is 0.434 e. The van der Waals surface area contributed by atoms with Crippen LogP contribution in [0.3, 0.4) is 0 Å². The minimum atomic E-state index is -4.93. The van der Waals surface area contributed by atoms with E-state index in [4.69, 9.17) is 5.11 Å². The molecule has 0 radical (unpaired) electrons. The molecule has 150 valence electrons. The lowest BCUT2D eigenvalue weighted by atomic mass is 10.2. The van der Waals surface area contributed by atoms with Gasteiger partial charge >= 0.3 is 12.1 Å². The summed E-state index contributed by atoms with van der Waals surface area (Å²) in [5, 5.41) is 17.2. The van der Waals surface area contributed by atoms with Gasteiger partial charge in [-0.15, -0.1) is 5.10 Å². The summed E-state index contributed by atoms with van der Waals surface area (Å²) in [6, 6.07) is 6.41. The molecule has 8 nitrogen and oxygen atoms in total. The van der Waals surface area contributed by atoms with Crippen LogP contribution in [0.15, 0.2) is 30.5 Å². The zero-order valence-corrected chi connectivity index (χ0v) is 15.6. The number of fused-ring (bicyclic) bond motifs is 1. The van der Waals surface area contributed by atoms with E-state index in [0.717, 1.165) is 17.0 Å². The van der Waals surface area contributed by atoms with Crippen LogP contribution in [0.5, 0.6) is 0 Å². The van der Waals surface area contributed by atoms with Gasteiger partial charge in [0, 0.05) is 11.4 Å². The molecule has 0 saturated carbocycles. The van der Waals surface area contributed by atoms with Crippen LogP contribution in [0.4, 0.5) is 13.2 Å². The fourth-order valence-corrected chi connectivity index (χ4v) is 3.32. The Balaban J connectivity index is 1.98. The number of hydrogen-bond acceptors (Lipinski definition) is 4. The molecule has 0 atom stereocenters. The number of carboxylic acids is 1. The molecule has 1 N–H and O–H groups in total. The summed E-state index contributed by atoms with van der Waals surface area (Å²) in [4.78, 5) is 15.7. The Morgan fingerprint density at radius 2 is 1.90 bits per heavy atom. The molecule has 4 aromatic rings. The van der Waals surface area contributed by atoms with E-state index in [1.54, 1.807) is 10.6 Å². The number of aromatic nitrogens is 6. The van der Waals surface area contributed by atoms with Crippen molar-refractivity contribution in [2.45, 2.75) is 26.9 Å². The molecule has 4 heterocycles. The molecule has 0 aromatic carbocycles. The summed E-state index contributed by atoms with van der Waals surface area (Å²) in [5.41, 5.74) is 0.771. The van der Waals surface area contributed by atoms with E-state index >= 15 is 0 Å². The largest absolute Gasteiger partial charge is 0.478 e. The van der Waals surface area contributed by atoms with Crippen LogP contribution in [0.25, 0.3) is 17.4 Å². The minimum Gasteiger partial charge on any atom is -0.478 e. The SMILES string of the molecule is Cc1cc(C)n(-c2nc3cccc(-n4ncc(C(=O)O)c4C(F)(F)F)n3n2)c1C. The molecule has 0 fully saturated rings. The highest BCUT2D eigenvalue weighted by atomic mass is 19.4. The number of hydrogen-bond donors (Lipinski definition) is 1. The molecular weight excluding hydrogens is 389 g/mol. The molecule has 29 heavy (non-hydrogen) atoms. The molecular formula is C18H15F3N6O2. The number of carboxylic acid groups (broad SMARTS) is 1. The third-order valence-corrected chi connectivity index (χ3v) is 4.70. The maximum atomic E-state index is 13.6. The van der Waals surface area contributed by atoms with Crippen molar-refractivity contribution in [2.75, 3.05) is 0 Å². The van der Waals surface area contributed by atoms with E-state index in [1.165, 1.54) is 16.6 Å². The average molecular weight is 404 g/mol. The van der Waals surface area contributed by atoms with Gasteiger partial charge in [-0.1, -0.05) is 6.07 Å². The molecule has 0 aliphatic rings. The fourth-order valence-electron chi connectivity index (χ4n) is 3.32. The normalized spacial score (nSPS) is 12.1. The third kappa shape index (κ3) is 2.85. The van der Waals surface area contributed by atoms with Gasteiger partial charge in [-0.3, -0.25) is 4.57 Å². The first-order valence-electron chi connectivity index (χ1n) is 8.50. The van der Waals surface area contributed by atoms with Crippen LogP contribution >= 0.6 is 0 Å². The van der Waals surface area contributed by atoms with Crippen molar-refractivity contribution in [3.8, 4) is 11.8 Å². The maximum absolute atomic E-state index is 13.6. The highest BCUT2D eigenvalue weighted by Gasteiger charge is 2.41. The van der Waals surface area contributed by atoms with E-state index in [9.17, 15) is 18.0 Å². The second kappa shape index (κ2) is 6.19. The number of alkyl halides is 3. The van der Waals surface area contributed by atoms with Crippen LogP contribution in [0.1, 0.15) is 33.0 Å². The molecule has 0 bridgehead atoms. The van der Waals surface area contributed by atoms with E-state index in [1.807, 2.05) is 26.8 Å². The monoisotopic (exact) mass is 404 g/mol. The minimum absolute atomic E-state index is 0.0831. The Morgan fingerprint density at radius 1 is 1.17 bits per heavy atom. The van der Waals surface area contributed by atoms with Crippen LogP contribution in [-0.4, -0.2) is 40.0 Å². The topological polar surface area (TPSA) is 90.2 Å². The van der Waals surface area contributed by atoms with Crippen LogP contribution in [0, 0.1) is 20.8 Å². The van der Waals surface area contributed by atoms with Crippen molar-refractivity contribution >= 4 is 11.6 Å². The Morgan fingerprint density at radius 3 is 2.48 bits per heavy atom. The predicted octanol–water partition coefficient (Wildman–Crippen LogP) is 3.35. The smallest absolute Gasteiger partial charge is 0.434 e. The average Bonchev–Trinajstić information content (AvgIpc) is 3.30. The molecule has 0 aliphatic heterocycles. The van der Waals surface area contributed by atoms with Gasteiger partial charge in [0.15, 0.2) is 17.2 Å². The van der Waals surface area contributed by atoms with Gasteiger partial charge in [0.25, 0.3) is 5.95 Å². The van der Waals surface area contributed by atoms with Crippen molar-refractivity contribution in [3.63, 3.8) is 0 Å². The molecule has 4 rings (SSSR count). The summed E-state index contributed by atoms with van der Waals surface area (Å²) in [6.45, 7) is 5.71. The van der Waals surface area contributed by atoms with Crippen molar-refractivity contribution in [1.82, 2.24) is 28.9 Å². The zero-order chi connectivity index (χ0) is 21.1. The van der Waals surface area contributed by atoms with Crippen molar-refractivity contribution in [2.24, 2.45) is 0 Å². The van der Waals surface area contributed by atoms with Gasteiger partial charge in [-0.05, 0) is 44.5 Å². The molecule has 0 spiro atoms. The van der Waals surface area contributed by atoms with E-state index < -0.39 is 23.4 Å². The molecule has 4 aromatic heterocycles. The zero-order valence-electron chi connectivity index (χ0n) is 15.6. The fraction of sp³-hybridized carbons (Fsp3) is 0.222. The molecule has 0 unspecified atom stereocenters. The van der Waals surface area contributed by atoms with Crippen molar-refractivity contribution in [3.05, 3.63) is 58.7 Å². The van der Waals surface area contributed by atoms with E-state index in [-0.39, 0.29) is 5.82 Å². The number of halogens is 3. The Hall–Kier alpha value is -3.63. The molecule has 11 heteroatoms.